The lowest BCUT2D eigenvalue weighted by atomic mass is 9.89. The Hall–Kier alpha value is -3.07. The third-order valence-corrected chi connectivity index (χ3v) is 6.21. The van der Waals surface area contributed by atoms with Crippen LogP contribution >= 0.6 is 11.3 Å². The molecular weight excluding hydrogens is 388 g/mol. The van der Waals surface area contributed by atoms with Gasteiger partial charge in [0.2, 0.25) is 17.6 Å². The van der Waals surface area contributed by atoms with Gasteiger partial charge in [-0.05, 0) is 47.2 Å². The number of primary amides is 1. The zero-order chi connectivity index (χ0) is 20.2. The lowest BCUT2D eigenvalue weighted by Crippen LogP contribution is -2.39. The van der Waals surface area contributed by atoms with E-state index in [0.717, 1.165) is 30.6 Å². The maximum atomic E-state index is 13.4. The Morgan fingerprint density at radius 3 is 2.69 bits per heavy atom. The summed E-state index contributed by atoms with van der Waals surface area (Å²) in [5.41, 5.74) is 7.06. The van der Waals surface area contributed by atoms with Crippen LogP contribution in [0.25, 0.3) is 11.4 Å². The molecule has 4 N–H and O–H groups in total. The molecule has 3 aromatic rings. The summed E-state index contributed by atoms with van der Waals surface area (Å²) in [7, 11) is 0. The number of nitrogens with zero attached hydrogens (tertiary/aromatic N) is 3. The second kappa shape index (κ2) is 8.52. The van der Waals surface area contributed by atoms with Gasteiger partial charge in [0.1, 0.15) is 0 Å². The lowest BCUT2D eigenvalue weighted by molar-refractivity contribution is -0.122. The molecule has 1 saturated carbocycles. The van der Waals surface area contributed by atoms with E-state index in [1.54, 1.807) is 18.2 Å². The van der Waals surface area contributed by atoms with Crippen LogP contribution in [-0.2, 0) is 4.79 Å². The van der Waals surface area contributed by atoms with Crippen molar-refractivity contribution in [3.63, 3.8) is 0 Å². The van der Waals surface area contributed by atoms with Gasteiger partial charge in [0.15, 0.2) is 0 Å². The molecule has 2 aromatic heterocycles. The Labute approximate surface area is 171 Å². The number of nitrogens with one attached hydrogen (secondary N) is 2. The highest BCUT2D eigenvalue weighted by atomic mass is 32.1. The van der Waals surface area contributed by atoms with Gasteiger partial charge in [-0.2, -0.15) is 5.21 Å². The molecule has 29 heavy (non-hydrogen) atoms. The van der Waals surface area contributed by atoms with E-state index in [2.05, 4.69) is 25.9 Å². The molecule has 1 unspecified atom stereocenters. The maximum absolute atomic E-state index is 13.4. The van der Waals surface area contributed by atoms with Gasteiger partial charge in [0, 0.05) is 22.0 Å². The highest BCUT2D eigenvalue weighted by Gasteiger charge is 2.30. The van der Waals surface area contributed by atoms with Gasteiger partial charge in [-0.1, -0.05) is 31.4 Å². The topological polar surface area (TPSA) is 127 Å². The first-order valence-corrected chi connectivity index (χ1v) is 10.5. The summed E-state index contributed by atoms with van der Waals surface area (Å²) in [6, 6.07) is 9.07. The third kappa shape index (κ3) is 4.19. The quantitative estimate of drug-likeness (QED) is 0.576. The number of aromatic nitrogens is 4. The van der Waals surface area contributed by atoms with Crippen LogP contribution in [-0.4, -0.2) is 38.5 Å². The monoisotopic (exact) mass is 410 g/mol. The van der Waals surface area contributed by atoms with Crippen LogP contribution in [0.1, 0.15) is 58.8 Å². The van der Waals surface area contributed by atoms with Crippen molar-refractivity contribution < 1.29 is 9.59 Å². The smallest absolute Gasteiger partial charge is 0.248 e. The largest absolute Gasteiger partial charge is 0.366 e. The molecule has 1 aromatic carbocycles. The zero-order valence-corrected chi connectivity index (χ0v) is 16.6. The molecule has 0 spiro atoms. The van der Waals surface area contributed by atoms with E-state index in [9.17, 15) is 9.59 Å². The number of thiophene rings is 1. The van der Waals surface area contributed by atoms with Crippen LogP contribution in [0.4, 0.5) is 0 Å². The summed E-state index contributed by atoms with van der Waals surface area (Å²) < 4.78 is 0. The number of amides is 2. The number of benzene rings is 1. The van der Waals surface area contributed by atoms with E-state index in [0.29, 0.717) is 22.5 Å². The second-order valence-electron chi connectivity index (χ2n) is 7.19. The Bertz CT molecular complexity index is 981. The SMILES string of the molecule is NC(=O)c1ccc(C(C(=O)NC2CCCCC2)c2cccs2)c(-c2nn[nH]n2)c1. The number of rotatable bonds is 6. The molecule has 1 aliphatic carbocycles. The van der Waals surface area contributed by atoms with Gasteiger partial charge in [0.05, 0.1) is 5.92 Å². The summed E-state index contributed by atoms with van der Waals surface area (Å²) in [6.45, 7) is 0. The first-order valence-electron chi connectivity index (χ1n) is 9.65. The minimum atomic E-state index is -0.555. The molecule has 2 amide bonds. The van der Waals surface area contributed by atoms with Gasteiger partial charge in [-0.25, -0.2) is 0 Å². The van der Waals surface area contributed by atoms with E-state index in [1.165, 1.54) is 17.8 Å². The molecule has 4 rings (SSSR count). The lowest BCUT2D eigenvalue weighted by Gasteiger charge is -2.26. The predicted octanol–water partition coefficient (Wildman–Crippen LogP) is 2.61. The molecule has 0 bridgehead atoms. The van der Waals surface area contributed by atoms with Crippen LogP contribution in [0.15, 0.2) is 35.7 Å². The number of tetrazole rings is 1. The molecule has 0 aliphatic heterocycles. The molecule has 1 atom stereocenters. The predicted molar refractivity (Wildman–Crippen MR) is 109 cm³/mol. The van der Waals surface area contributed by atoms with Crippen LogP contribution < -0.4 is 11.1 Å². The normalized spacial score (nSPS) is 15.7. The van der Waals surface area contributed by atoms with Gasteiger partial charge >= 0.3 is 0 Å². The minimum Gasteiger partial charge on any atom is -0.366 e. The number of hydrogen-bond acceptors (Lipinski definition) is 6. The Morgan fingerprint density at radius 2 is 2.03 bits per heavy atom. The second-order valence-corrected chi connectivity index (χ2v) is 8.17. The van der Waals surface area contributed by atoms with Crippen molar-refractivity contribution in [1.29, 1.82) is 0 Å². The average Bonchev–Trinajstić information content (AvgIpc) is 3.43. The van der Waals surface area contributed by atoms with Crippen LogP contribution in [0, 0.1) is 0 Å². The van der Waals surface area contributed by atoms with Crippen molar-refractivity contribution >= 4 is 23.2 Å². The number of carbonyl (C=O) groups is 2. The fourth-order valence-electron chi connectivity index (χ4n) is 3.84. The summed E-state index contributed by atoms with van der Waals surface area (Å²) >= 11 is 1.52. The average molecular weight is 411 g/mol. The number of H-pyrrole nitrogens is 1. The van der Waals surface area contributed by atoms with E-state index in [-0.39, 0.29) is 11.9 Å². The minimum absolute atomic E-state index is 0.0593. The molecule has 1 aliphatic rings. The number of nitrogens with two attached hydrogens (primary N) is 1. The van der Waals surface area contributed by atoms with E-state index >= 15 is 0 Å². The Balaban J connectivity index is 1.76. The molecular formula is C20H22N6O2S. The van der Waals surface area contributed by atoms with Gasteiger partial charge in [0.25, 0.3) is 0 Å². The van der Waals surface area contributed by atoms with E-state index < -0.39 is 11.8 Å². The summed E-state index contributed by atoms with van der Waals surface area (Å²) in [6.07, 6.45) is 5.49. The fraction of sp³-hybridized carbons (Fsp3) is 0.350. The first-order chi connectivity index (χ1) is 14.1. The highest BCUT2D eigenvalue weighted by Crippen LogP contribution is 2.35. The Kier molecular flexibility index (Phi) is 5.66. The fourth-order valence-corrected chi connectivity index (χ4v) is 4.68. The van der Waals surface area contributed by atoms with E-state index in [1.807, 2.05) is 17.5 Å². The Morgan fingerprint density at radius 1 is 1.21 bits per heavy atom. The summed E-state index contributed by atoms with van der Waals surface area (Å²) in [5, 5.41) is 19.3. The van der Waals surface area contributed by atoms with Crippen molar-refractivity contribution in [2.24, 2.45) is 5.73 Å². The molecule has 0 saturated heterocycles. The number of aromatic amines is 1. The van der Waals surface area contributed by atoms with Crippen molar-refractivity contribution in [3.8, 4) is 11.4 Å². The molecule has 8 nitrogen and oxygen atoms in total. The number of carbonyl (C=O) groups excluding carboxylic acids is 2. The highest BCUT2D eigenvalue weighted by molar-refractivity contribution is 7.10. The summed E-state index contributed by atoms with van der Waals surface area (Å²) in [5.74, 6) is -0.834. The maximum Gasteiger partial charge on any atom is 0.248 e. The van der Waals surface area contributed by atoms with Crippen LogP contribution in [0.5, 0.6) is 0 Å². The third-order valence-electron chi connectivity index (χ3n) is 5.28. The molecule has 1 fully saturated rings. The first kappa shape index (κ1) is 19.3. The molecule has 2 heterocycles. The van der Waals surface area contributed by atoms with Crippen molar-refractivity contribution in [2.45, 2.75) is 44.1 Å². The van der Waals surface area contributed by atoms with E-state index in [4.69, 9.17) is 5.73 Å². The molecule has 0 radical (unpaired) electrons. The van der Waals surface area contributed by atoms with Crippen molar-refractivity contribution in [1.82, 2.24) is 25.9 Å². The number of hydrogen-bond donors (Lipinski definition) is 3. The van der Waals surface area contributed by atoms with Crippen LogP contribution in [0.3, 0.4) is 0 Å². The zero-order valence-electron chi connectivity index (χ0n) is 15.8. The van der Waals surface area contributed by atoms with Crippen molar-refractivity contribution in [2.75, 3.05) is 0 Å². The van der Waals surface area contributed by atoms with Crippen molar-refractivity contribution in [3.05, 3.63) is 51.7 Å². The molecule has 9 heteroatoms. The summed E-state index contributed by atoms with van der Waals surface area (Å²) in [4.78, 5) is 26.0. The van der Waals surface area contributed by atoms with Gasteiger partial charge in [-0.3, -0.25) is 9.59 Å². The standard InChI is InChI=1S/C20H22N6O2S/c21-18(27)12-8-9-14(15(11-12)19-23-25-26-24-19)17(16-7-4-10-29-16)20(28)22-13-5-2-1-3-6-13/h4,7-11,13,17H,1-3,5-6H2,(H2,21,27)(H,22,28)(H,23,24,25,26). The molecule has 150 valence electrons. The van der Waals surface area contributed by atoms with Gasteiger partial charge in [-0.15, -0.1) is 21.5 Å². The van der Waals surface area contributed by atoms with Crippen LogP contribution in [0.2, 0.25) is 0 Å². The van der Waals surface area contributed by atoms with Gasteiger partial charge < -0.3 is 11.1 Å².